The number of amides is 1. The quantitative estimate of drug-likeness (QED) is 0.749. The average Bonchev–Trinajstić information content (AvgIpc) is 2.53. The minimum absolute atomic E-state index is 0.144. The third-order valence-corrected chi connectivity index (χ3v) is 3.78. The largest absolute Gasteiger partial charge is 0.508 e. The zero-order valence-electron chi connectivity index (χ0n) is 14.4. The van der Waals surface area contributed by atoms with E-state index < -0.39 is 12.6 Å². The molecule has 1 amide bonds. The van der Waals surface area contributed by atoms with Gasteiger partial charge in [0, 0.05) is 5.56 Å². The summed E-state index contributed by atoms with van der Waals surface area (Å²) in [5.41, 5.74) is 2.64. The monoisotopic (exact) mass is 343 g/mol. The normalized spacial score (nSPS) is 11.6. The fraction of sp³-hybridized carbons (Fsp3) is 0.263. The third-order valence-electron chi connectivity index (χ3n) is 3.78. The summed E-state index contributed by atoms with van der Waals surface area (Å²) in [5, 5.41) is 21.1. The van der Waals surface area contributed by atoms with Gasteiger partial charge >= 0.3 is 5.97 Å². The van der Waals surface area contributed by atoms with E-state index >= 15 is 0 Å². The van der Waals surface area contributed by atoms with Crippen LogP contribution in [0.15, 0.2) is 36.4 Å². The van der Waals surface area contributed by atoms with Crippen molar-refractivity contribution < 1.29 is 24.5 Å². The van der Waals surface area contributed by atoms with E-state index in [-0.39, 0.29) is 17.7 Å². The molecule has 0 saturated carbocycles. The molecule has 0 fully saturated rings. The van der Waals surface area contributed by atoms with E-state index in [0.717, 1.165) is 5.56 Å². The molecule has 1 atom stereocenters. The fourth-order valence-corrected chi connectivity index (χ4v) is 2.60. The summed E-state index contributed by atoms with van der Waals surface area (Å²) < 4.78 is 5.27. The van der Waals surface area contributed by atoms with Crippen molar-refractivity contribution in [3.05, 3.63) is 58.7 Å². The summed E-state index contributed by atoms with van der Waals surface area (Å²) >= 11 is 0. The number of aromatic hydroxyl groups is 1. The Morgan fingerprint density at radius 2 is 1.80 bits per heavy atom. The zero-order valence-corrected chi connectivity index (χ0v) is 14.4. The summed E-state index contributed by atoms with van der Waals surface area (Å²) in [4.78, 5) is 23.1. The average molecular weight is 343 g/mol. The first kappa shape index (κ1) is 18.3. The highest BCUT2D eigenvalue weighted by Gasteiger charge is 2.15. The first-order chi connectivity index (χ1) is 11.8. The molecule has 6 nitrogen and oxygen atoms in total. The van der Waals surface area contributed by atoms with Crippen LogP contribution in [0.1, 0.15) is 40.0 Å². The summed E-state index contributed by atoms with van der Waals surface area (Å²) in [7, 11) is 0. The van der Waals surface area contributed by atoms with Crippen molar-refractivity contribution in [3.63, 3.8) is 0 Å². The Bertz CT molecular complexity index is 777. The molecule has 0 spiro atoms. The van der Waals surface area contributed by atoms with Crippen molar-refractivity contribution >= 4 is 11.9 Å². The number of aryl methyl sites for hydroxylation is 2. The minimum Gasteiger partial charge on any atom is -0.508 e. The molecule has 1 unspecified atom stereocenters. The highest BCUT2D eigenvalue weighted by molar-refractivity contribution is 5.95. The van der Waals surface area contributed by atoms with E-state index in [1.54, 1.807) is 44.2 Å². The molecule has 25 heavy (non-hydrogen) atoms. The predicted octanol–water partition coefficient (Wildman–Crippen LogP) is 2.96. The van der Waals surface area contributed by atoms with Crippen LogP contribution in [0.3, 0.4) is 0 Å². The molecule has 3 N–H and O–H groups in total. The van der Waals surface area contributed by atoms with Gasteiger partial charge in [-0.1, -0.05) is 12.1 Å². The lowest BCUT2D eigenvalue weighted by Gasteiger charge is -2.16. The van der Waals surface area contributed by atoms with Gasteiger partial charge in [-0.05, 0) is 61.7 Å². The maximum Gasteiger partial charge on any atom is 0.341 e. The number of aliphatic carboxylic acids is 1. The first-order valence-electron chi connectivity index (χ1n) is 7.83. The van der Waals surface area contributed by atoms with Crippen LogP contribution in [0, 0.1) is 13.8 Å². The van der Waals surface area contributed by atoms with Crippen LogP contribution in [-0.4, -0.2) is 28.7 Å². The van der Waals surface area contributed by atoms with Gasteiger partial charge in [0.2, 0.25) is 0 Å². The van der Waals surface area contributed by atoms with Crippen LogP contribution in [0.5, 0.6) is 11.5 Å². The molecule has 0 aliphatic carbocycles. The molecule has 2 aromatic carbocycles. The number of hydrogen-bond acceptors (Lipinski definition) is 4. The van der Waals surface area contributed by atoms with Gasteiger partial charge in [0.05, 0.1) is 6.04 Å². The number of ether oxygens (including phenoxy) is 1. The molecule has 0 heterocycles. The van der Waals surface area contributed by atoms with Gasteiger partial charge in [-0.15, -0.1) is 0 Å². The van der Waals surface area contributed by atoms with Crippen molar-refractivity contribution in [2.75, 3.05) is 6.61 Å². The Kier molecular flexibility index (Phi) is 5.64. The van der Waals surface area contributed by atoms with E-state index in [1.807, 2.05) is 13.0 Å². The Hall–Kier alpha value is -3.02. The molecular formula is C19H21NO5. The number of rotatable bonds is 6. The van der Waals surface area contributed by atoms with Gasteiger partial charge in [-0.25, -0.2) is 4.79 Å². The third kappa shape index (κ3) is 4.73. The predicted molar refractivity (Wildman–Crippen MR) is 93.0 cm³/mol. The summed E-state index contributed by atoms with van der Waals surface area (Å²) in [6, 6.07) is 9.76. The summed E-state index contributed by atoms with van der Waals surface area (Å²) in [6.07, 6.45) is 0. The van der Waals surface area contributed by atoms with Crippen molar-refractivity contribution in [1.29, 1.82) is 0 Å². The van der Waals surface area contributed by atoms with Crippen molar-refractivity contribution in [2.24, 2.45) is 0 Å². The van der Waals surface area contributed by atoms with E-state index in [2.05, 4.69) is 5.32 Å². The number of phenolic OH excluding ortho intramolecular Hbond substituents is 1. The highest BCUT2D eigenvalue weighted by atomic mass is 16.5. The molecule has 6 heteroatoms. The number of phenols is 1. The Morgan fingerprint density at radius 1 is 1.16 bits per heavy atom. The van der Waals surface area contributed by atoms with Gasteiger partial charge in [0.1, 0.15) is 11.5 Å². The van der Waals surface area contributed by atoms with Crippen LogP contribution >= 0.6 is 0 Å². The molecule has 132 valence electrons. The highest BCUT2D eigenvalue weighted by Crippen LogP contribution is 2.25. The molecule has 0 saturated heterocycles. The number of nitrogens with one attached hydrogen (secondary N) is 1. The second-order valence-corrected chi connectivity index (χ2v) is 5.91. The van der Waals surface area contributed by atoms with Gasteiger partial charge in [0.15, 0.2) is 6.61 Å². The summed E-state index contributed by atoms with van der Waals surface area (Å²) in [5.74, 6) is -0.697. The van der Waals surface area contributed by atoms with E-state index in [4.69, 9.17) is 9.84 Å². The van der Waals surface area contributed by atoms with Gasteiger partial charge < -0.3 is 20.3 Å². The molecular weight excluding hydrogens is 322 g/mol. The SMILES string of the molecule is Cc1cc(C(=O)NC(C)c2cccc(O)c2)cc(C)c1OCC(=O)O. The Labute approximate surface area is 146 Å². The number of carboxylic acids is 1. The van der Waals surface area contributed by atoms with Crippen molar-refractivity contribution in [3.8, 4) is 11.5 Å². The molecule has 0 aromatic heterocycles. The van der Waals surface area contributed by atoms with Crippen molar-refractivity contribution in [2.45, 2.75) is 26.8 Å². The smallest absolute Gasteiger partial charge is 0.341 e. The molecule has 2 rings (SSSR count). The number of carboxylic acid groups (broad SMARTS) is 1. The molecule has 2 aromatic rings. The van der Waals surface area contributed by atoms with Gasteiger partial charge in [-0.3, -0.25) is 4.79 Å². The van der Waals surface area contributed by atoms with Crippen LogP contribution < -0.4 is 10.1 Å². The number of hydrogen-bond donors (Lipinski definition) is 3. The van der Waals surface area contributed by atoms with Crippen LogP contribution in [0.25, 0.3) is 0 Å². The molecule has 0 aliphatic heterocycles. The molecule has 0 aliphatic rings. The standard InChI is InChI=1S/C19H21NO5/c1-11-7-15(8-12(2)18(11)25-10-17(22)23)19(24)20-13(3)14-5-4-6-16(21)9-14/h4-9,13,21H,10H2,1-3H3,(H,20,24)(H,22,23). The lowest BCUT2D eigenvalue weighted by atomic mass is 10.0. The fourth-order valence-electron chi connectivity index (χ4n) is 2.60. The second-order valence-electron chi connectivity index (χ2n) is 5.91. The Morgan fingerprint density at radius 3 is 2.36 bits per heavy atom. The first-order valence-corrected chi connectivity index (χ1v) is 7.83. The minimum atomic E-state index is -1.06. The maximum atomic E-state index is 12.5. The van der Waals surface area contributed by atoms with Crippen LogP contribution in [-0.2, 0) is 4.79 Å². The number of carbonyl (C=O) groups excluding carboxylic acids is 1. The van der Waals surface area contributed by atoms with E-state index in [1.165, 1.54) is 0 Å². The van der Waals surface area contributed by atoms with Gasteiger partial charge in [0.25, 0.3) is 5.91 Å². The molecule has 0 radical (unpaired) electrons. The zero-order chi connectivity index (χ0) is 18.6. The lowest BCUT2D eigenvalue weighted by Crippen LogP contribution is -2.26. The van der Waals surface area contributed by atoms with Crippen molar-refractivity contribution in [1.82, 2.24) is 5.32 Å². The number of benzene rings is 2. The molecule has 0 bridgehead atoms. The Balaban J connectivity index is 2.15. The second kappa shape index (κ2) is 7.70. The summed E-state index contributed by atoms with van der Waals surface area (Å²) in [6.45, 7) is 4.93. The van der Waals surface area contributed by atoms with Gasteiger partial charge in [-0.2, -0.15) is 0 Å². The van der Waals surface area contributed by atoms with E-state index in [9.17, 15) is 14.7 Å². The topological polar surface area (TPSA) is 95.9 Å². The van der Waals surface area contributed by atoms with Crippen LogP contribution in [0.2, 0.25) is 0 Å². The maximum absolute atomic E-state index is 12.5. The van der Waals surface area contributed by atoms with Crippen LogP contribution in [0.4, 0.5) is 0 Å². The number of carbonyl (C=O) groups is 2. The lowest BCUT2D eigenvalue weighted by molar-refractivity contribution is -0.139. The van der Waals surface area contributed by atoms with E-state index in [0.29, 0.717) is 22.4 Å².